The van der Waals surface area contributed by atoms with Crippen molar-refractivity contribution in [1.82, 2.24) is 24.8 Å². The highest BCUT2D eigenvalue weighted by Crippen LogP contribution is 2.38. The minimum absolute atomic E-state index is 0.603. The minimum atomic E-state index is 0.603. The molecule has 2 N–H and O–H groups in total. The van der Waals surface area contributed by atoms with Crippen molar-refractivity contribution in [1.29, 1.82) is 0 Å². The van der Waals surface area contributed by atoms with Gasteiger partial charge in [-0.05, 0) is 30.8 Å². The highest BCUT2D eigenvalue weighted by molar-refractivity contribution is 5.99. The molecule has 156 valence electrons. The SMILES string of the molecule is CNC1CN(Cc2ccnc3[nH]c(-c4cn(C)c5cc(OC)c(OC)cc45)cc23)C1. The smallest absolute Gasteiger partial charge is 0.162 e. The molecule has 0 saturated carbocycles. The molecule has 1 aromatic carbocycles. The monoisotopic (exact) mass is 405 g/mol. The number of methoxy groups -OCH3 is 2. The van der Waals surface area contributed by atoms with Crippen molar-refractivity contribution < 1.29 is 9.47 Å². The molecule has 7 nitrogen and oxygen atoms in total. The number of likely N-dealkylation sites (tertiary alicyclic amines) is 1. The van der Waals surface area contributed by atoms with E-state index in [1.165, 1.54) is 10.9 Å². The summed E-state index contributed by atoms with van der Waals surface area (Å²) >= 11 is 0. The number of fused-ring (bicyclic) bond motifs is 2. The number of nitrogens with zero attached hydrogens (tertiary/aromatic N) is 3. The first kappa shape index (κ1) is 19.0. The zero-order valence-corrected chi connectivity index (χ0v) is 17.8. The van der Waals surface area contributed by atoms with Crippen molar-refractivity contribution in [2.24, 2.45) is 7.05 Å². The number of ether oxygens (including phenoxy) is 2. The van der Waals surface area contributed by atoms with Crippen molar-refractivity contribution in [3.05, 3.63) is 42.2 Å². The summed E-state index contributed by atoms with van der Waals surface area (Å²) in [4.78, 5) is 10.6. The standard InChI is InChI=1S/C23H27N5O2/c1-24-15-11-28(12-15)10-14-5-6-25-23-16(14)7-19(26-23)18-13-27(2)20-9-22(30-4)21(29-3)8-17(18)20/h5-9,13,15,24H,10-12H2,1-4H3,(H,25,26). The normalized spacial score (nSPS) is 15.1. The van der Waals surface area contributed by atoms with Gasteiger partial charge in [0.2, 0.25) is 0 Å². The second-order valence-corrected chi connectivity index (χ2v) is 7.97. The molecule has 7 heteroatoms. The van der Waals surface area contributed by atoms with Crippen LogP contribution in [-0.2, 0) is 13.6 Å². The number of H-pyrrole nitrogens is 1. The molecule has 0 spiro atoms. The number of hydrogen-bond acceptors (Lipinski definition) is 5. The lowest BCUT2D eigenvalue weighted by Gasteiger charge is -2.39. The Hall–Kier alpha value is -3.03. The van der Waals surface area contributed by atoms with Gasteiger partial charge in [0, 0.05) is 73.2 Å². The number of hydrogen-bond donors (Lipinski definition) is 2. The lowest BCUT2D eigenvalue weighted by molar-refractivity contribution is 0.124. The number of nitrogens with one attached hydrogen (secondary N) is 2. The van der Waals surface area contributed by atoms with Crippen LogP contribution in [-0.4, -0.2) is 59.8 Å². The van der Waals surface area contributed by atoms with E-state index in [4.69, 9.17) is 9.47 Å². The Bertz CT molecular complexity index is 1220. The highest BCUT2D eigenvalue weighted by atomic mass is 16.5. The van der Waals surface area contributed by atoms with Crippen LogP contribution in [0.3, 0.4) is 0 Å². The minimum Gasteiger partial charge on any atom is -0.493 e. The largest absolute Gasteiger partial charge is 0.493 e. The molecular formula is C23H27N5O2. The number of rotatable bonds is 6. The Labute approximate surface area is 175 Å². The summed E-state index contributed by atoms with van der Waals surface area (Å²) in [5.41, 5.74) is 5.49. The second kappa shape index (κ2) is 7.34. The molecule has 30 heavy (non-hydrogen) atoms. The molecule has 4 aromatic rings. The van der Waals surface area contributed by atoms with Crippen molar-refractivity contribution >= 4 is 21.9 Å². The maximum Gasteiger partial charge on any atom is 0.162 e. The van der Waals surface area contributed by atoms with E-state index >= 15 is 0 Å². The van der Waals surface area contributed by atoms with Gasteiger partial charge in [-0.1, -0.05) is 0 Å². The molecule has 3 aromatic heterocycles. The second-order valence-electron chi connectivity index (χ2n) is 7.97. The Morgan fingerprint density at radius 3 is 2.63 bits per heavy atom. The van der Waals surface area contributed by atoms with E-state index in [9.17, 15) is 0 Å². The fourth-order valence-corrected chi connectivity index (χ4v) is 4.41. The number of pyridine rings is 1. The van der Waals surface area contributed by atoms with Crippen LogP contribution in [0.2, 0.25) is 0 Å². The molecule has 1 aliphatic rings. The average molecular weight is 406 g/mol. The van der Waals surface area contributed by atoms with E-state index in [0.717, 1.165) is 58.9 Å². The zero-order chi connectivity index (χ0) is 20.8. The molecule has 0 amide bonds. The number of likely N-dealkylation sites (N-methyl/N-ethyl adjacent to an activating group) is 1. The van der Waals surface area contributed by atoms with Crippen LogP contribution in [0.1, 0.15) is 5.56 Å². The van der Waals surface area contributed by atoms with Gasteiger partial charge in [-0.25, -0.2) is 4.98 Å². The zero-order valence-electron chi connectivity index (χ0n) is 17.8. The van der Waals surface area contributed by atoms with Crippen molar-refractivity contribution in [2.45, 2.75) is 12.6 Å². The third kappa shape index (κ3) is 3.02. The van der Waals surface area contributed by atoms with Crippen LogP contribution in [0.4, 0.5) is 0 Å². The van der Waals surface area contributed by atoms with Crippen LogP contribution in [0.15, 0.2) is 36.7 Å². The Balaban J connectivity index is 1.57. The van der Waals surface area contributed by atoms with E-state index in [1.54, 1.807) is 14.2 Å². The van der Waals surface area contributed by atoms with Gasteiger partial charge in [-0.3, -0.25) is 4.90 Å². The third-order valence-corrected chi connectivity index (χ3v) is 6.17. The lowest BCUT2D eigenvalue weighted by atomic mass is 10.1. The number of aromatic amines is 1. The summed E-state index contributed by atoms with van der Waals surface area (Å²) in [6.45, 7) is 3.11. The summed E-state index contributed by atoms with van der Waals surface area (Å²) in [5, 5.41) is 5.63. The van der Waals surface area contributed by atoms with Crippen LogP contribution in [0.25, 0.3) is 33.2 Å². The summed E-state index contributed by atoms with van der Waals surface area (Å²) < 4.78 is 13.1. The number of aryl methyl sites for hydroxylation is 1. The fourth-order valence-electron chi connectivity index (χ4n) is 4.41. The van der Waals surface area contributed by atoms with Crippen molar-refractivity contribution in [3.8, 4) is 22.8 Å². The molecular weight excluding hydrogens is 378 g/mol. The van der Waals surface area contributed by atoms with Crippen LogP contribution in [0.5, 0.6) is 11.5 Å². The fraction of sp³-hybridized carbons (Fsp3) is 0.348. The first-order valence-electron chi connectivity index (χ1n) is 10.2. The molecule has 0 bridgehead atoms. The molecule has 1 aliphatic heterocycles. The topological polar surface area (TPSA) is 67.3 Å². The van der Waals surface area contributed by atoms with Gasteiger partial charge >= 0.3 is 0 Å². The van der Waals surface area contributed by atoms with E-state index in [2.05, 4.69) is 43.1 Å². The maximum atomic E-state index is 5.54. The number of aromatic nitrogens is 3. The predicted molar refractivity (Wildman–Crippen MR) is 119 cm³/mol. The lowest BCUT2D eigenvalue weighted by Crippen LogP contribution is -2.56. The quantitative estimate of drug-likeness (QED) is 0.516. The van der Waals surface area contributed by atoms with Gasteiger partial charge < -0.3 is 24.3 Å². The Morgan fingerprint density at radius 2 is 1.90 bits per heavy atom. The van der Waals surface area contributed by atoms with Gasteiger partial charge in [-0.2, -0.15) is 0 Å². The first-order valence-corrected chi connectivity index (χ1v) is 10.2. The van der Waals surface area contributed by atoms with Gasteiger partial charge in [0.1, 0.15) is 5.65 Å². The van der Waals surface area contributed by atoms with Crippen molar-refractivity contribution in [3.63, 3.8) is 0 Å². The predicted octanol–water partition coefficient (Wildman–Crippen LogP) is 3.14. The van der Waals surface area contributed by atoms with Gasteiger partial charge in [0.15, 0.2) is 11.5 Å². The molecule has 1 fully saturated rings. The molecule has 4 heterocycles. The first-order chi connectivity index (χ1) is 14.6. The molecule has 0 radical (unpaired) electrons. The Kier molecular flexibility index (Phi) is 4.64. The number of benzene rings is 1. The van der Waals surface area contributed by atoms with E-state index in [-0.39, 0.29) is 0 Å². The van der Waals surface area contributed by atoms with Crippen LogP contribution < -0.4 is 14.8 Å². The summed E-state index contributed by atoms with van der Waals surface area (Å²) in [5.74, 6) is 1.46. The van der Waals surface area contributed by atoms with E-state index in [1.807, 2.05) is 32.4 Å². The van der Waals surface area contributed by atoms with E-state index < -0.39 is 0 Å². The average Bonchev–Trinajstić information content (AvgIpc) is 3.30. The molecule has 1 saturated heterocycles. The maximum absolute atomic E-state index is 5.54. The van der Waals surface area contributed by atoms with Crippen LogP contribution >= 0.6 is 0 Å². The molecule has 0 aliphatic carbocycles. The molecule has 5 rings (SSSR count). The van der Waals surface area contributed by atoms with Gasteiger partial charge in [0.25, 0.3) is 0 Å². The summed E-state index contributed by atoms with van der Waals surface area (Å²) in [6, 6.07) is 9.02. The van der Waals surface area contributed by atoms with Crippen molar-refractivity contribution in [2.75, 3.05) is 34.4 Å². The van der Waals surface area contributed by atoms with Gasteiger partial charge in [-0.15, -0.1) is 0 Å². The Morgan fingerprint density at radius 1 is 1.13 bits per heavy atom. The van der Waals surface area contributed by atoms with Gasteiger partial charge in [0.05, 0.1) is 19.7 Å². The molecule has 0 atom stereocenters. The van der Waals surface area contributed by atoms with E-state index in [0.29, 0.717) is 6.04 Å². The summed E-state index contributed by atoms with van der Waals surface area (Å²) in [6.07, 6.45) is 4.03. The molecule has 0 unspecified atom stereocenters. The van der Waals surface area contributed by atoms with Crippen LogP contribution in [0, 0.1) is 0 Å². The third-order valence-electron chi connectivity index (χ3n) is 6.17. The highest BCUT2D eigenvalue weighted by Gasteiger charge is 2.25. The summed E-state index contributed by atoms with van der Waals surface area (Å²) in [7, 11) is 7.40.